The molecule has 0 aromatic heterocycles. The summed E-state index contributed by atoms with van der Waals surface area (Å²) >= 11 is 1.61. The van der Waals surface area contributed by atoms with Crippen molar-refractivity contribution in [3.63, 3.8) is 0 Å². The lowest BCUT2D eigenvalue weighted by Gasteiger charge is -2.26. The minimum Gasteiger partial charge on any atom is -0.330 e. The van der Waals surface area contributed by atoms with E-state index >= 15 is 0 Å². The van der Waals surface area contributed by atoms with Gasteiger partial charge in [-0.1, -0.05) is 0 Å². The first-order chi connectivity index (χ1) is 5.21. The van der Waals surface area contributed by atoms with Gasteiger partial charge in [-0.05, 0) is 25.1 Å². The maximum Gasteiger partial charge on any atom is 0.245 e. The summed E-state index contributed by atoms with van der Waals surface area (Å²) in [5, 5.41) is 0. The Bertz CT molecular complexity index is 124. The number of alkyl halides is 2. The van der Waals surface area contributed by atoms with E-state index in [4.69, 9.17) is 5.73 Å². The van der Waals surface area contributed by atoms with Crippen molar-refractivity contribution in [1.29, 1.82) is 0 Å². The van der Waals surface area contributed by atoms with E-state index in [2.05, 4.69) is 0 Å². The molecule has 1 saturated heterocycles. The maximum atomic E-state index is 12.5. The molecule has 0 aliphatic carbocycles. The second-order valence-corrected chi connectivity index (χ2v) is 4.11. The van der Waals surface area contributed by atoms with Gasteiger partial charge < -0.3 is 5.73 Å². The Morgan fingerprint density at radius 3 is 2.64 bits per heavy atom. The molecule has 2 N–H and O–H groups in total. The summed E-state index contributed by atoms with van der Waals surface area (Å²) < 4.78 is 25.0. The van der Waals surface area contributed by atoms with Crippen LogP contribution < -0.4 is 5.73 Å². The zero-order valence-corrected chi connectivity index (χ0v) is 7.17. The molecule has 0 amide bonds. The molecule has 1 fully saturated rings. The van der Waals surface area contributed by atoms with E-state index in [1.54, 1.807) is 11.8 Å². The van der Waals surface area contributed by atoms with Gasteiger partial charge in [-0.2, -0.15) is 11.8 Å². The van der Waals surface area contributed by atoms with Crippen LogP contribution in [-0.4, -0.2) is 24.5 Å². The molecule has 0 saturated carbocycles. The van der Waals surface area contributed by atoms with Gasteiger partial charge in [-0.25, -0.2) is 8.78 Å². The minimum absolute atomic E-state index is 0.380. The van der Waals surface area contributed by atoms with E-state index in [0.29, 0.717) is 25.1 Å². The highest BCUT2D eigenvalue weighted by atomic mass is 32.2. The molecule has 0 spiro atoms. The lowest BCUT2D eigenvalue weighted by Crippen LogP contribution is -2.31. The Kier molecular flexibility index (Phi) is 3.13. The minimum atomic E-state index is -2.19. The Hall–Kier alpha value is 0.170. The van der Waals surface area contributed by atoms with E-state index in [1.807, 2.05) is 0 Å². The quantitative estimate of drug-likeness (QED) is 0.717. The summed E-state index contributed by atoms with van der Waals surface area (Å²) in [7, 11) is 0. The van der Waals surface area contributed by atoms with Gasteiger partial charge in [0.1, 0.15) is 0 Å². The molecule has 66 valence electrons. The van der Waals surface area contributed by atoms with Crippen molar-refractivity contribution in [3.05, 3.63) is 0 Å². The van der Waals surface area contributed by atoms with E-state index in [-0.39, 0.29) is 0 Å². The fraction of sp³-hybridized carbons (Fsp3) is 1.00. The van der Waals surface area contributed by atoms with E-state index in [0.717, 1.165) is 5.75 Å². The number of nitrogens with two attached hydrogens (primary N) is 1. The van der Waals surface area contributed by atoms with Crippen LogP contribution in [0.1, 0.15) is 12.8 Å². The summed E-state index contributed by atoms with van der Waals surface area (Å²) in [5.74, 6) is 1.45. The van der Waals surface area contributed by atoms with Crippen LogP contribution in [0.4, 0.5) is 8.78 Å². The molecule has 0 aromatic carbocycles. The van der Waals surface area contributed by atoms with Gasteiger partial charge in [-0.3, -0.25) is 0 Å². The molecule has 0 aromatic rings. The molecule has 0 bridgehead atoms. The Morgan fingerprint density at radius 1 is 1.55 bits per heavy atom. The molecule has 1 nitrogen and oxygen atoms in total. The first-order valence-electron chi connectivity index (χ1n) is 3.77. The van der Waals surface area contributed by atoms with Gasteiger partial charge in [0.05, 0.1) is 0 Å². The SMILES string of the molecule is NCCC1(C(F)F)CCSC1. The number of hydrogen-bond acceptors (Lipinski definition) is 2. The number of halogens is 2. The topological polar surface area (TPSA) is 26.0 Å². The Labute approximate surface area is 69.7 Å². The monoisotopic (exact) mass is 181 g/mol. The van der Waals surface area contributed by atoms with Crippen molar-refractivity contribution in [2.24, 2.45) is 11.1 Å². The summed E-state index contributed by atoms with van der Waals surface area (Å²) in [4.78, 5) is 0. The fourth-order valence-corrected chi connectivity index (χ4v) is 2.91. The highest BCUT2D eigenvalue weighted by Gasteiger charge is 2.41. The summed E-state index contributed by atoms with van der Waals surface area (Å²) in [6.07, 6.45) is -1.09. The van der Waals surface area contributed by atoms with Crippen molar-refractivity contribution in [2.75, 3.05) is 18.1 Å². The molecule has 1 heterocycles. The normalized spacial score (nSPS) is 31.6. The molecular formula is C7H13F2NS. The molecule has 1 unspecified atom stereocenters. The van der Waals surface area contributed by atoms with Gasteiger partial charge in [0, 0.05) is 11.2 Å². The first-order valence-corrected chi connectivity index (χ1v) is 4.93. The third-order valence-electron chi connectivity index (χ3n) is 2.24. The predicted octanol–water partition coefficient (Wildman–Crippen LogP) is 1.72. The van der Waals surface area contributed by atoms with Crippen LogP contribution >= 0.6 is 11.8 Å². The van der Waals surface area contributed by atoms with E-state index in [1.165, 1.54) is 0 Å². The van der Waals surface area contributed by atoms with Crippen LogP contribution in [0.2, 0.25) is 0 Å². The Morgan fingerprint density at radius 2 is 2.27 bits per heavy atom. The van der Waals surface area contributed by atoms with Gasteiger partial charge in [0.2, 0.25) is 6.43 Å². The average molecular weight is 181 g/mol. The third-order valence-corrected chi connectivity index (χ3v) is 3.51. The maximum absolute atomic E-state index is 12.5. The van der Waals surface area contributed by atoms with Crippen molar-refractivity contribution in [3.8, 4) is 0 Å². The molecule has 1 atom stereocenters. The highest BCUT2D eigenvalue weighted by Crippen LogP contribution is 2.43. The van der Waals surface area contributed by atoms with Gasteiger partial charge in [-0.15, -0.1) is 0 Å². The standard InChI is InChI=1S/C7H13F2NS/c8-6(9)7(1-3-10)2-4-11-5-7/h6H,1-5,10H2. The van der Waals surface area contributed by atoms with Crippen molar-refractivity contribution in [1.82, 2.24) is 0 Å². The van der Waals surface area contributed by atoms with Crippen LogP contribution in [0.5, 0.6) is 0 Å². The van der Waals surface area contributed by atoms with E-state index in [9.17, 15) is 8.78 Å². The van der Waals surface area contributed by atoms with Crippen molar-refractivity contribution in [2.45, 2.75) is 19.3 Å². The van der Waals surface area contributed by atoms with Crippen molar-refractivity contribution < 1.29 is 8.78 Å². The largest absolute Gasteiger partial charge is 0.330 e. The smallest absolute Gasteiger partial charge is 0.245 e. The second kappa shape index (κ2) is 3.72. The average Bonchev–Trinajstić information content (AvgIpc) is 2.38. The van der Waals surface area contributed by atoms with E-state index < -0.39 is 11.8 Å². The zero-order valence-electron chi connectivity index (χ0n) is 6.35. The molecule has 0 radical (unpaired) electrons. The van der Waals surface area contributed by atoms with Crippen LogP contribution in [0.3, 0.4) is 0 Å². The highest BCUT2D eigenvalue weighted by molar-refractivity contribution is 7.99. The zero-order chi connectivity index (χ0) is 8.32. The van der Waals surface area contributed by atoms with Crippen LogP contribution in [0, 0.1) is 5.41 Å². The Balaban J connectivity index is 2.55. The van der Waals surface area contributed by atoms with Crippen LogP contribution in [-0.2, 0) is 0 Å². The second-order valence-electron chi connectivity index (χ2n) is 3.00. The molecular weight excluding hydrogens is 168 g/mol. The van der Waals surface area contributed by atoms with Crippen LogP contribution in [0.15, 0.2) is 0 Å². The molecule has 1 aliphatic rings. The number of thioether (sulfide) groups is 1. The van der Waals surface area contributed by atoms with Crippen molar-refractivity contribution >= 4 is 11.8 Å². The third kappa shape index (κ3) is 1.85. The number of hydrogen-bond donors (Lipinski definition) is 1. The van der Waals surface area contributed by atoms with Gasteiger partial charge in [0.15, 0.2) is 0 Å². The lowest BCUT2D eigenvalue weighted by molar-refractivity contribution is 0.00819. The number of rotatable bonds is 3. The molecule has 4 heteroatoms. The first kappa shape index (κ1) is 9.26. The summed E-state index contributed by atoms with van der Waals surface area (Å²) in [6.45, 7) is 0.380. The predicted molar refractivity (Wildman–Crippen MR) is 44.1 cm³/mol. The molecule has 11 heavy (non-hydrogen) atoms. The van der Waals surface area contributed by atoms with Gasteiger partial charge >= 0.3 is 0 Å². The molecule has 1 rings (SSSR count). The summed E-state index contributed by atoms with van der Waals surface area (Å²) in [6, 6.07) is 0. The summed E-state index contributed by atoms with van der Waals surface area (Å²) in [5.41, 5.74) is 4.54. The van der Waals surface area contributed by atoms with Gasteiger partial charge in [0.25, 0.3) is 0 Å². The fourth-order valence-electron chi connectivity index (χ4n) is 1.39. The van der Waals surface area contributed by atoms with Crippen LogP contribution in [0.25, 0.3) is 0 Å². The molecule has 1 aliphatic heterocycles. The lowest BCUT2D eigenvalue weighted by atomic mass is 9.84.